The summed E-state index contributed by atoms with van der Waals surface area (Å²) < 4.78 is 0. The van der Waals surface area contributed by atoms with E-state index in [1.165, 1.54) is 17.4 Å². The number of benzene rings is 2. The lowest BCUT2D eigenvalue weighted by atomic mass is 10.2. The normalized spacial score (nSPS) is 14.4. The van der Waals surface area contributed by atoms with Crippen LogP contribution in [0.1, 0.15) is 16.8 Å². The lowest BCUT2D eigenvalue weighted by Crippen LogP contribution is -2.47. The van der Waals surface area contributed by atoms with Crippen LogP contribution in [0.3, 0.4) is 0 Å². The molecule has 3 aromatic rings. The number of pyridine rings is 1. The minimum Gasteiger partial charge on any atom is -0.369 e. The number of amides is 1. The molecule has 1 aliphatic heterocycles. The second-order valence-electron chi connectivity index (χ2n) is 7.54. The second-order valence-corrected chi connectivity index (χ2v) is 8.61. The molecule has 1 saturated heterocycles. The highest BCUT2D eigenvalue weighted by Crippen LogP contribution is 2.28. The number of hydrogen-bond donors (Lipinski definition) is 1. The first kappa shape index (κ1) is 21.4. The van der Waals surface area contributed by atoms with E-state index in [0.717, 1.165) is 49.1 Å². The minimum absolute atomic E-state index is 0.0552. The molecule has 0 radical (unpaired) electrons. The lowest BCUT2D eigenvalue weighted by Gasteiger charge is -2.36. The van der Waals surface area contributed by atoms with Crippen LogP contribution in [0, 0.1) is 0 Å². The Labute approximate surface area is 188 Å². The molecular formula is C25H28N4OS. The van der Waals surface area contributed by atoms with Crippen LogP contribution in [0.5, 0.6) is 0 Å². The van der Waals surface area contributed by atoms with Crippen LogP contribution in [0.2, 0.25) is 0 Å². The third-order valence-electron chi connectivity index (χ3n) is 5.40. The van der Waals surface area contributed by atoms with Crippen LogP contribution >= 0.6 is 11.8 Å². The zero-order chi connectivity index (χ0) is 21.3. The van der Waals surface area contributed by atoms with Crippen molar-refractivity contribution in [3.63, 3.8) is 0 Å². The molecule has 0 spiro atoms. The number of rotatable bonds is 8. The summed E-state index contributed by atoms with van der Waals surface area (Å²) in [6.45, 7) is 5.88. The van der Waals surface area contributed by atoms with Crippen molar-refractivity contribution in [2.75, 3.05) is 44.2 Å². The van der Waals surface area contributed by atoms with E-state index in [0.29, 0.717) is 12.1 Å². The Bertz CT molecular complexity index is 960. The third kappa shape index (κ3) is 6.09. The van der Waals surface area contributed by atoms with Crippen LogP contribution < -0.4 is 10.2 Å². The van der Waals surface area contributed by atoms with E-state index in [-0.39, 0.29) is 5.91 Å². The van der Waals surface area contributed by atoms with Gasteiger partial charge in [-0.05, 0) is 49.4 Å². The Morgan fingerprint density at radius 3 is 2.35 bits per heavy atom. The first-order chi connectivity index (χ1) is 15.3. The molecule has 2 aromatic carbocycles. The predicted octanol–water partition coefficient (Wildman–Crippen LogP) is 4.17. The van der Waals surface area contributed by atoms with Gasteiger partial charge in [0.1, 0.15) is 5.03 Å². The van der Waals surface area contributed by atoms with Gasteiger partial charge in [0.2, 0.25) is 0 Å². The molecule has 1 N–H and O–H groups in total. The number of nitrogens with one attached hydrogen (secondary N) is 1. The summed E-state index contributed by atoms with van der Waals surface area (Å²) in [7, 11) is 0. The molecule has 0 aliphatic carbocycles. The summed E-state index contributed by atoms with van der Waals surface area (Å²) >= 11 is 1.52. The molecule has 0 bridgehead atoms. The molecule has 0 saturated carbocycles. The highest BCUT2D eigenvalue weighted by atomic mass is 32.2. The zero-order valence-electron chi connectivity index (χ0n) is 17.6. The smallest absolute Gasteiger partial charge is 0.254 e. The average molecular weight is 433 g/mol. The topological polar surface area (TPSA) is 48.5 Å². The van der Waals surface area contributed by atoms with E-state index in [1.54, 1.807) is 6.20 Å². The van der Waals surface area contributed by atoms with Crippen molar-refractivity contribution in [3.8, 4) is 0 Å². The molecule has 5 nitrogen and oxygen atoms in total. The highest BCUT2D eigenvalue weighted by Gasteiger charge is 2.17. The Balaban J connectivity index is 1.21. The number of anilines is 1. The molecule has 1 fully saturated rings. The lowest BCUT2D eigenvalue weighted by molar-refractivity contribution is 0.0948. The van der Waals surface area contributed by atoms with Crippen LogP contribution in [0.25, 0.3) is 0 Å². The number of carbonyl (C=O) groups is 1. The summed E-state index contributed by atoms with van der Waals surface area (Å²) in [5, 5.41) is 3.81. The first-order valence-corrected chi connectivity index (χ1v) is 11.6. The maximum Gasteiger partial charge on any atom is 0.254 e. The number of aromatic nitrogens is 1. The summed E-state index contributed by atoms with van der Waals surface area (Å²) in [5.41, 5.74) is 1.93. The molecule has 31 heavy (non-hydrogen) atoms. The monoisotopic (exact) mass is 432 g/mol. The minimum atomic E-state index is -0.0552. The van der Waals surface area contributed by atoms with Gasteiger partial charge in [0, 0.05) is 49.5 Å². The van der Waals surface area contributed by atoms with Crippen molar-refractivity contribution >= 4 is 23.4 Å². The summed E-state index contributed by atoms with van der Waals surface area (Å²) in [5.74, 6) is -0.0552. The van der Waals surface area contributed by atoms with Crippen molar-refractivity contribution in [2.45, 2.75) is 16.3 Å². The number of carbonyl (C=O) groups excluding carboxylic acids is 1. The molecular weight excluding hydrogens is 404 g/mol. The molecule has 1 amide bonds. The van der Waals surface area contributed by atoms with Crippen molar-refractivity contribution in [1.29, 1.82) is 0 Å². The summed E-state index contributed by atoms with van der Waals surface area (Å²) in [6, 6.07) is 24.3. The van der Waals surface area contributed by atoms with E-state index in [2.05, 4.69) is 50.4 Å². The molecule has 0 atom stereocenters. The largest absolute Gasteiger partial charge is 0.369 e. The van der Waals surface area contributed by atoms with E-state index in [1.807, 2.05) is 42.5 Å². The third-order valence-corrected chi connectivity index (χ3v) is 6.43. The summed E-state index contributed by atoms with van der Waals surface area (Å²) in [4.78, 5) is 23.1. The van der Waals surface area contributed by atoms with Gasteiger partial charge in [-0.1, -0.05) is 48.2 Å². The van der Waals surface area contributed by atoms with Crippen molar-refractivity contribution in [2.24, 2.45) is 0 Å². The van der Waals surface area contributed by atoms with Gasteiger partial charge in [-0.15, -0.1) is 0 Å². The van der Waals surface area contributed by atoms with Gasteiger partial charge in [0.15, 0.2) is 0 Å². The highest BCUT2D eigenvalue weighted by molar-refractivity contribution is 7.99. The average Bonchev–Trinajstić information content (AvgIpc) is 2.84. The zero-order valence-corrected chi connectivity index (χ0v) is 18.4. The number of hydrogen-bond acceptors (Lipinski definition) is 5. The quantitative estimate of drug-likeness (QED) is 0.541. The van der Waals surface area contributed by atoms with E-state index in [4.69, 9.17) is 0 Å². The van der Waals surface area contributed by atoms with Crippen molar-refractivity contribution in [1.82, 2.24) is 15.2 Å². The fourth-order valence-electron chi connectivity index (χ4n) is 3.71. The Kier molecular flexibility index (Phi) is 7.58. The summed E-state index contributed by atoms with van der Waals surface area (Å²) in [6.07, 6.45) is 2.68. The number of para-hydroxylation sites is 1. The molecule has 6 heteroatoms. The number of piperazine rings is 1. The second kappa shape index (κ2) is 11.0. The molecule has 1 aliphatic rings. The van der Waals surface area contributed by atoms with Crippen molar-refractivity contribution in [3.05, 3.63) is 84.6 Å². The van der Waals surface area contributed by atoms with E-state index >= 15 is 0 Å². The maximum absolute atomic E-state index is 12.7. The predicted molar refractivity (Wildman–Crippen MR) is 127 cm³/mol. The van der Waals surface area contributed by atoms with Crippen LogP contribution in [0.15, 0.2) is 88.9 Å². The Morgan fingerprint density at radius 1 is 0.903 bits per heavy atom. The fourth-order valence-corrected chi connectivity index (χ4v) is 4.61. The van der Waals surface area contributed by atoms with Crippen LogP contribution in [-0.4, -0.2) is 55.1 Å². The molecule has 0 unspecified atom stereocenters. The van der Waals surface area contributed by atoms with Crippen LogP contribution in [-0.2, 0) is 0 Å². The van der Waals surface area contributed by atoms with Gasteiger partial charge in [-0.2, -0.15) is 0 Å². The van der Waals surface area contributed by atoms with E-state index in [9.17, 15) is 4.79 Å². The SMILES string of the molecule is O=C(NCCCN1CCN(c2ccccc2)CC1)c1cccnc1Sc1ccccc1. The maximum atomic E-state index is 12.7. The van der Waals surface area contributed by atoms with Crippen molar-refractivity contribution < 1.29 is 4.79 Å². The first-order valence-electron chi connectivity index (χ1n) is 10.8. The molecule has 4 rings (SSSR count). The van der Waals surface area contributed by atoms with Gasteiger partial charge in [0.25, 0.3) is 5.91 Å². The Morgan fingerprint density at radius 2 is 1.61 bits per heavy atom. The molecule has 2 heterocycles. The van der Waals surface area contributed by atoms with E-state index < -0.39 is 0 Å². The van der Waals surface area contributed by atoms with Gasteiger partial charge in [-0.3, -0.25) is 9.69 Å². The number of nitrogens with zero attached hydrogens (tertiary/aromatic N) is 3. The van der Waals surface area contributed by atoms with Gasteiger partial charge in [0.05, 0.1) is 5.56 Å². The van der Waals surface area contributed by atoms with Gasteiger partial charge >= 0.3 is 0 Å². The standard InChI is InChI=1S/C25H28N4OS/c30-24(23-13-7-14-27-25(23)31-22-11-5-2-6-12-22)26-15-8-16-28-17-19-29(20-18-28)21-9-3-1-4-10-21/h1-7,9-14H,8,15-20H2,(H,26,30). The fraction of sp³-hybridized carbons (Fsp3) is 0.280. The molecule has 160 valence electrons. The van der Waals surface area contributed by atoms with Gasteiger partial charge < -0.3 is 10.2 Å². The Hall–Kier alpha value is -2.83. The van der Waals surface area contributed by atoms with Gasteiger partial charge in [-0.25, -0.2) is 4.98 Å². The molecule has 1 aromatic heterocycles. The van der Waals surface area contributed by atoms with Crippen LogP contribution in [0.4, 0.5) is 5.69 Å².